The summed E-state index contributed by atoms with van der Waals surface area (Å²) in [5, 5.41) is 10.5. The smallest absolute Gasteiger partial charge is 0.254 e. The van der Waals surface area contributed by atoms with E-state index in [0.29, 0.717) is 24.0 Å². The standard InChI is InChI=1S/C35H36BrCl2N3O7/c1-47-25-14-21(42)15-26(48-2)28(25)29-22-8-9-23-27(24(22)16-34(37)32(45)40(18-36)33(46)35(29,34)38)31(44)41(30(23)43)20-10-12-39(13-11-20)17-19-6-4-3-5-7-19/h3-8,14-15,20,23-24,27,29,42H,9-13,16-18H2,1-2H3/t23-,24+,27-,29+,34+,35-/m0/s1. The van der Waals surface area contributed by atoms with Crippen molar-refractivity contribution in [3.63, 3.8) is 0 Å². The molecular weight excluding hydrogens is 725 g/mol. The Hall–Kier alpha value is -3.12. The van der Waals surface area contributed by atoms with Crippen LogP contribution in [0.15, 0.2) is 54.1 Å². The number of carbonyl (C=O) groups excluding carboxylic acids is 4. The summed E-state index contributed by atoms with van der Waals surface area (Å²) >= 11 is 18.0. The van der Waals surface area contributed by atoms with Gasteiger partial charge in [-0.1, -0.05) is 57.9 Å². The third-order valence-corrected chi connectivity index (χ3v) is 13.0. The molecule has 4 fully saturated rings. The number of methoxy groups -OCH3 is 2. The summed E-state index contributed by atoms with van der Waals surface area (Å²) in [6, 6.07) is 12.7. The number of imide groups is 2. The number of phenols is 1. The lowest BCUT2D eigenvalue weighted by Crippen LogP contribution is -2.60. The minimum atomic E-state index is -2.02. The summed E-state index contributed by atoms with van der Waals surface area (Å²) in [4.78, 5) is 57.5. The Labute approximate surface area is 297 Å². The molecule has 2 aromatic rings. The van der Waals surface area contributed by atoms with Crippen molar-refractivity contribution in [1.29, 1.82) is 0 Å². The van der Waals surface area contributed by atoms with Crippen LogP contribution >= 0.6 is 39.1 Å². The highest BCUT2D eigenvalue weighted by molar-refractivity contribution is 9.09. The molecule has 3 heterocycles. The molecule has 0 unspecified atom stereocenters. The first kappa shape index (κ1) is 33.4. The molecule has 1 saturated carbocycles. The highest BCUT2D eigenvalue weighted by atomic mass is 79.9. The Morgan fingerprint density at radius 2 is 1.58 bits per heavy atom. The van der Waals surface area contributed by atoms with Crippen LogP contribution in [0.3, 0.4) is 0 Å². The number of nitrogens with zero attached hydrogens (tertiary/aromatic N) is 3. The Bertz CT molecular complexity index is 1690. The predicted octanol–water partition coefficient (Wildman–Crippen LogP) is 4.79. The number of hydrogen-bond donors (Lipinski definition) is 1. The summed E-state index contributed by atoms with van der Waals surface area (Å²) in [6.45, 7) is 2.30. The molecule has 0 bridgehead atoms. The molecule has 0 spiro atoms. The Kier molecular flexibility index (Phi) is 8.58. The van der Waals surface area contributed by atoms with Gasteiger partial charge in [0.1, 0.15) is 17.2 Å². The van der Waals surface area contributed by atoms with Gasteiger partial charge in [-0.3, -0.25) is 33.9 Å². The number of phenolic OH excluding ortho intramolecular Hbond substituents is 1. The number of carbonyl (C=O) groups is 4. The number of alkyl halides is 3. The summed E-state index contributed by atoms with van der Waals surface area (Å²) < 4.78 is 11.4. The molecule has 10 nitrogen and oxygen atoms in total. The Balaban J connectivity index is 1.26. The van der Waals surface area contributed by atoms with Crippen LogP contribution < -0.4 is 9.47 Å². The van der Waals surface area contributed by atoms with Crippen LogP contribution in [0.1, 0.15) is 42.7 Å². The molecule has 254 valence electrons. The number of hydrogen-bond acceptors (Lipinski definition) is 8. The average Bonchev–Trinajstić information content (AvgIpc) is 3.42. The maximum atomic E-state index is 14.5. The van der Waals surface area contributed by atoms with E-state index in [1.807, 2.05) is 24.3 Å². The van der Waals surface area contributed by atoms with Crippen molar-refractivity contribution in [1.82, 2.24) is 14.7 Å². The van der Waals surface area contributed by atoms with Gasteiger partial charge in [-0.25, -0.2) is 0 Å². The van der Waals surface area contributed by atoms with E-state index < -0.39 is 45.2 Å². The van der Waals surface area contributed by atoms with Crippen molar-refractivity contribution in [2.75, 3.05) is 32.8 Å². The lowest BCUT2D eigenvalue weighted by Gasteiger charge is -2.51. The van der Waals surface area contributed by atoms with E-state index in [1.165, 1.54) is 36.8 Å². The van der Waals surface area contributed by atoms with Crippen molar-refractivity contribution in [3.05, 3.63) is 65.2 Å². The van der Waals surface area contributed by atoms with E-state index in [1.54, 1.807) is 0 Å². The largest absolute Gasteiger partial charge is 0.508 e. The maximum Gasteiger partial charge on any atom is 0.254 e. The normalized spacial score (nSPS) is 32.2. The number of ether oxygens (including phenoxy) is 2. The third kappa shape index (κ3) is 4.75. The first-order chi connectivity index (χ1) is 23.0. The van der Waals surface area contributed by atoms with E-state index in [0.717, 1.165) is 24.5 Å². The number of fused-ring (bicyclic) bond motifs is 4. The van der Waals surface area contributed by atoms with Crippen LogP contribution in [-0.2, 0) is 25.7 Å². The quantitative estimate of drug-likeness (QED) is 0.186. The van der Waals surface area contributed by atoms with Crippen molar-refractivity contribution >= 4 is 62.8 Å². The molecule has 7 rings (SSSR count). The highest BCUT2D eigenvalue weighted by Gasteiger charge is 2.77. The molecule has 5 aliphatic rings. The van der Waals surface area contributed by atoms with E-state index in [2.05, 4.69) is 33.0 Å². The second-order valence-electron chi connectivity index (χ2n) is 13.3. The van der Waals surface area contributed by atoms with Gasteiger partial charge in [0, 0.05) is 49.3 Å². The van der Waals surface area contributed by atoms with Gasteiger partial charge < -0.3 is 14.6 Å². The van der Waals surface area contributed by atoms with Gasteiger partial charge in [0.15, 0.2) is 9.75 Å². The van der Waals surface area contributed by atoms with Gasteiger partial charge in [0.25, 0.3) is 11.8 Å². The fourth-order valence-electron chi connectivity index (χ4n) is 8.84. The number of benzene rings is 2. The first-order valence-corrected chi connectivity index (χ1v) is 18.0. The van der Waals surface area contributed by atoms with Gasteiger partial charge in [-0.2, -0.15) is 0 Å². The summed E-state index contributed by atoms with van der Waals surface area (Å²) in [5.74, 6) is -4.81. The molecule has 0 radical (unpaired) electrons. The van der Waals surface area contributed by atoms with E-state index in [-0.39, 0.29) is 53.4 Å². The molecule has 0 aromatic heterocycles. The van der Waals surface area contributed by atoms with Crippen LogP contribution in [0, 0.1) is 17.8 Å². The number of amides is 4. The number of halogens is 3. The molecule has 6 atom stereocenters. The van der Waals surface area contributed by atoms with E-state index in [9.17, 15) is 24.3 Å². The zero-order valence-electron chi connectivity index (χ0n) is 26.5. The second kappa shape index (κ2) is 12.3. The van der Waals surface area contributed by atoms with Gasteiger partial charge in [0.05, 0.1) is 31.5 Å². The minimum absolute atomic E-state index is 0.110. The van der Waals surface area contributed by atoms with Crippen LogP contribution in [0.5, 0.6) is 17.2 Å². The number of likely N-dealkylation sites (tertiary alicyclic amines) is 3. The fraction of sp³-hybridized carbons (Fsp3) is 0.486. The highest BCUT2D eigenvalue weighted by Crippen LogP contribution is 2.67. The maximum absolute atomic E-state index is 14.5. The zero-order valence-corrected chi connectivity index (χ0v) is 29.6. The number of allylic oxidation sites excluding steroid dienone is 2. The predicted molar refractivity (Wildman–Crippen MR) is 181 cm³/mol. The number of rotatable bonds is 7. The van der Waals surface area contributed by atoms with Crippen LogP contribution in [0.2, 0.25) is 0 Å². The van der Waals surface area contributed by atoms with Gasteiger partial charge in [-0.05, 0) is 37.2 Å². The molecular formula is C35H36BrCl2N3O7. The van der Waals surface area contributed by atoms with Crippen molar-refractivity contribution < 1.29 is 33.8 Å². The minimum Gasteiger partial charge on any atom is -0.508 e. The Morgan fingerprint density at radius 1 is 0.938 bits per heavy atom. The fourth-order valence-corrected chi connectivity index (χ4v) is 10.3. The molecule has 13 heteroatoms. The summed E-state index contributed by atoms with van der Waals surface area (Å²) in [5.41, 5.74) is 2.03. The van der Waals surface area contributed by atoms with Crippen LogP contribution in [0.4, 0.5) is 0 Å². The molecule has 3 aliphatic heterocycles. The summed E-state index contributed by atoms with van der Waals surface area (Å²) in [7, 11) is 2.82. The van der Waals surface area contributed by atoms with Gasteiger partial charge in [-0.15, -0.1) is 23.2 Å². The molecule has 4 amide bonds. The zero-order chi connectivity index (χ0) is 34.1. The van der Waals surface area contributed by atoms with E-state index >= 15 is 0 Å². The van der Waals surface area contributed by atoms with E-state index in [4.69, 9.17) is 32.7 Å². The SMILES string of the molecule is COc1cc(O)cc(OC)c1[C@H]1C2=CC[C@@H]3C(=O)N(C4CCN(Cc5ccccc5)CC4)C(=O)[C@@H]3[C@@H]2C[C@@]2(Cl)C(=O)N(CBr)C(=O)[C@@]12Cl. The second-order valence-corrected chi connectivity index (χ2v) is 15.0. The van der Waals surface area contributed by atoms with Gasteiger partial charge >= 0.3 is 0 Å². The monoisotopic (exact) mass is 759 g/mol. The Morgan fingerprint density at radius 3 is 2.19 bits per heavy atom. The summed E-state index contributed by atoms with van der Waals surface area (Å²) in [6.07, 6.45) is 3.36. The van der Waals surface area contributed by atoms with Crippen molar-refractivity contribution in [2.45, 2.75) is 53.9 Å². The molecule has 2 aromatic carbocycles. The lowest BCUT2D eigenvalue weighted by molar-refractivity contribution is -0.144. The molecule has 3 saturated heterocycles. The third-order valence-electron chi connectivity index (χ3n) is 11.0. The lowest BCUT2D eigenvalue weighted by atomic mass is 9.56. The average molecular weight is 761 g/mol. The van der Waals surface area contributed by atoms with Gasteiger partial charge in [0.2, 0.25) is 11.8 Å². The molecule has 2 aliphatic carbocycles. The van der Waals surface area contributed by atoms with Crippen molar-refractivity contribution in [2.24, 2.45) is 17.8 Å². The van der Waals surface area contributed by atoms with Crippen LogP contribution in [0.25, 0.3) is 0 Å². The number of piperidine rings is 1. The topological polar surface area (TPSA) is 117 Å². The van der Waals surface area contributed by atoms with Crippen LogP contribution in [-0.4, -0.2) is 92.0 Å². The first-order valence-electron chi connectivity index (χ1n) is 16.1. The molecule has 1 N–H and O–H groups in total. The van der Waals surface area contributed by atoms with Crippen molar-refractivity contribution in [3.8, 4) is 17.2 Å². The number of aromatic hydroxyl groups is 1. The molecule has 48 heavy (non-hydrogen) atoms.